The summed E-state index contributed by atoms with van der Waals surface area (Å²) in [7, 11) is -3.24. The SMILES string of the molecule is CCCCC1(CC)CN(c2ccccc2)c2cc(SCC)c(OC=C(F)C(=O)O)cc2S(O)(O)C1. The lowest BCUT2D eigenvalue weighted by atomic mass is 9.81. The molecule has 0 spiro atoms. The van der Waals surface area contributed by atoms with Gasteiger partial charge in [0, 0.05) is 29.5 Å². The molecule has 0 aromatic heterocycles. The van der Waals surface area contributed by atoms with Crippen molar-refractivity contribution in [1.82, 2.24) is 0 Å². The summed E-state index contributed by atoms with van der Waals surface area (Å²) in [5, 5.41) is 8.85. The molecule has 0 radical (unpaired) electrons. The molecule has 35 heavy (non-hydrogen) atoms. The minimum absolute atomic E-state index is 0.192. The fourth-order valence-corrected chi connectivity index (χ4v) is 7.44. The van der Waals surface area contributed by atoms with Crippen LogP contribution in [0.25, 0.3) is 0 Å². The number of carbonyl (C=O) groups is 1. The average Bonchev–Trinajstić information content (AvgIpc) is 2.94. The number of nitrogens with zero attached hydrogens (tertiary/aromatic N) is 1. The van der Waals surface area contributed by atoms with E-state index in [1.165, 1.54) is 17.8 Å². The van der Waals surface area contributed by atoms with Crippen molar-refractivity contribution in [1.29, 1.82) is 0 Å². The van der Waals surface area contributed by atoms with Gasteiger partial charge in [-0.05, 0) is 36.8 Å². The third kappa shape index (κ3) is 6.33. The van der Waals surface area contributed by atoms with E-state index in [4.69, 9.17) is 9.84 Å². The number of para-hydroxylation sites is 1. The largest absolute Gasteiger partial charge is 0.476 e. The van der Waals surface area contributed by atoms with Gasteiger partial charge in [0.1, 0.15) is 12.0 Å². The highest BCUT2D eigenvalue weighted by molar-refractivity contribution is 8.24. The number of hydrogen-bond acceptors (Lipinski definition) is 6. The zero-order valence-electron chi connectivity index (χ0n) is 20.4. The first-order valence-electron chi connectivity index (χ1n) is 11.8. The van der Waals surface area contributed by atoms with Crippen LogP contribution in [0.4, 0.5) is 15.8 Å². The van der Waals surface area contributed by atoms with Crippen LogP contribution < -0.4 is 9.64 Å². The lowest BCUT2D eigenvalue weighted by Gasteiger charge is -2.41. The summed E-state index contributed by atoms with van der Waals surface area (Å²) in [5.41, 5.74) is 1.30. The van der Waals surface area contributed by atoms with Crippen molar-refractivity contribution in [2.24, 2.45) is 5.41 Å². The van der Waals surface area contributed by atoms with Crippen LogP contribution in [0.5, 0.6) is 5.75 Å². The normalized spacial score (nSPS) is 20.6. The Balaban J connectivity index is 2.23. The van der Waals surface area contributed by atoms with Crippen LogP contribution in [0.1, 0.15) is 46.5 Å². The van der Waals surface area contributed by atoms with Crippen LogP contribution in [-0.4, -0.2) is 38.2 Å². The fraction of sp³-hybridized carbons (Fsp3) is 0.423. The topological polar surface area (TPSA) is 90.2 Å². The summed E-state index contributed by atoms with van der Waals surface area (Å²) < 4.78 is 42.1. The van der Waals surface area contributed by atoms with Crippen molar-refractivity contribution in [2.75, 3.05) is 23.0 Å². The molecule has 2 aromatic rings. The predicted octanol–water partition coefficient (Wildman–Crippen LogP) is 7.92. The minimum Gasteiger partial charge on any atom is -0.476 e. The van der Waals surface area contributed by atoms with Gasteiger partial charge >= 0.3 is 5.97 Å². The molecule has 0 saturated carbocycles. The van der Waals surface area contributed by atoms with E-state index in [1.807, 2.05) is 43.3 Å². The lowest BCUT2D eigenvalue weighted by molar-refractivity contribution is -0.134. The molecule has 1 unspecified atom stereocenters. The van der Waals surface area contributed by atoms with Crippen molar-refractivity contribution in [3.05, 3.63) is 54.6 Å². The fourth-order valence-electron chi connectivity index (χ4n) is 4.43. The molecule has 0 saturated heterocycles. The van der Waals surface area contributed by atoms with Gasteiger partial charge in [-0.25, -0.2) is 4.79 Å². The number of aliphatic carboxylic acids is 1. The molecule has 6 nitrogen and oxygen atoms in total. The molecule has 3 rings (SSSR count). The van der Waals surface area contributed by atoms with Crippen molar-refractivity contribution in [2.45, 2.75) is 56.2 Å². The van der Waals surface area contributed by atoms with Crippen LogP contribution in [-0.2, 0) is 4.79 Å². The molecule has 1 aliphatic heterocycles. The summed E-state index contributed by atoms with van der Waals surface area (Å²) >= 11 is 1.45. The molecular weight excluding hydrogens is 489 g/mol. The van der Waals surface area contributed by atoms with Crippen LogP contribution in [0.2, 0.25) is 0 Å². The van der Waals surface area contributed by atoms with Gasteiger partial charge < -0.3 is 14.7 Å². The monoisotopic (exact) mass is 523 g/mol. The van der Waals surface area contributed by atoms with Gasteiger partial charge in [-0.2, -0.15) is 15.0 Å². The predicted molar refractivity (Wildman–Crippen MR) is 142 cm³/mol. The third-order valence-electron chi connectivity index (χ3n) is 6.34. The number of carboxylic acid groups (broad SMARTS) is 1. The summed E-state index contributed by atoms with van der Waals surface area (Å²) in [6.07, 6.45) is 4.17. The highest BCUT2D eigenvalue weighted by Gasteiger charge is 2.42. The van der Waals surface area contributed by atoms with E-state index in [0.717, 1.165) is 31.4 Å². The highest BCUT2D eigenvalue weighted by Crippen LogP contribution is 2.62. The first-order chi connectivity index (χ1) is 16.7. The Kier molecular flexibility index (Phi) is 9.15. The zero-order valence-corrected chi connectivity index (χ0v) is 22.0. The second-order valence-corrected chi connectivity index (χ2v) is 12.1. The van der Waals surface area contributed by atoms with Gasteiger partial charge in [0.05, 0.1) is 15.5 Å². The smallest absolute Gasteiger partial charge is 0.368 e. The van der Waals surface area contributed by atoms with Gasteiger partial charge in [0.15, 0.2) is 0 Å². The van der Waals surface area contributed by atoms with Gasteiger partial charge in [-0.1, -0.05) is 51.8 Å². The standard InChI is InChI=1S/C26H34FNO5S2/c1-4-7-13-26(5-2)17-28(19-11-9-8-10-12-19)21-14-23(34-6-3)22(33-16-20(27)25(29)30)15-24(21)35(31,32)18-26/h8-12,14-16,31-32H,4-7,13,17-18H2,1-3H3,(H,29,30). The van der Waals surface area contributed by atoms with Crippen LogP contribution in [0, 0.1) is 5.41 Å². The first-order valence-corrected chi connectivity index (χ1v) is 14.5. The maximum atomic E-state index is 13.7. The molecule has 0 fully saturated rings. The van der Waals surface area contributed by atoms with E-state index >= 15 is 0 Å². The second kappa shape index (κ2) is 11.7. The van der Waals surface area contributed by atoms with E-state index in [2.05, 4.69) is 18.7 Å². The van der Waals surface area contributed by atoms with Gasteiger partial charge in [0.25, 0.3) is 0 Å². The summed E-state index contributed by atoms with van der Waals surface area (Å²) in [6.45, 7) is 6.81. The number of hydrogen-bond donors (Lipinski definition) is 3. The Bertz CT molecular complexity index is 1060. The molecule has 0 aliphatic carbocycles. The lowest BCUT2D eigenvalue weighted by Crippen LogP contribution is -2.37. The van der Waals surface area contributed by atoms with Gasteiger partial charge in [-0.3, -0.25) is 9.11 Å². The number of unbranched alkanes of at least 4 members (excludes halogenated alkanes) is 1. The number of benzene rings is 2. The maximum Gasteiger partial charge on any atom is 0.368 e. The number of carboxylic acids is 1. The first kappa shape index (κ1) is 27.4. The number of thioether (sulfide) groups is 1. The molecule has 3 N–H and O–H groups in total. The second-order valence-electron chi connectivity index (χ2n) is 8.78. The van der Waals surface area contributed by atoms with Crippen LogP contribution in [0.3, 0.4) is 0 Å². The molecule has 9 heteroatoms. The number of ether oxygens (including phenoxy) is 1. The number of halogens is 1. The Labute approximate surface area is 212 Å². The molecule has 0 amide bonds. The molecule has 192 valence electrons. The summed E-state index contributed by atoms with van der Waals surface area (Å²) in [4.78, 5) is 14.0. The van der Waals surface area contributed by atoms with Crippen molar-refractivity contribution in [3.63, 3.8) is 0 Å². The average molecular weight is 524 g/mol. The van der Waals surface area contributed by atoms with E-state index in [-0.39, 0.29) is 16.9 Å². The zero-order chi connectivity index (χ0) is 25.6. The molecule has 1 heterocycles. The van der Waals surface area contributed by atoms with Crippen molar-refractivity contribution in [3.8, 4) is 5.75 Å². The summed E-state index contributed by atoms with van der Waals surface area (Å²) in [6, 6.07) is 13.2. The maximum absolute atomic E-state index is 13.7. The third-order valence-corrected chi connectivity index (χ3v) is 9.31. The number of anilines is 2. The Hall–Kier alpha value is -2.20. The highest BCUT2D eigenvalue weighted by atomic mass is 32.3. The van der Waals surface area contributed by atoms with E-state index in [0.29, 0.717) is 34.0 Å². The minimum atomic E-state index is -3.24. The van der Waals surface area contributed by atoms with Crippen LogP contribution >= 0.6 is 22.4 Å². The van der Waals surface area contributed by atoms with Crippen molar-refractivity contribution >= 4 is 39.7 Å². The summed E-state index contributed by atoms with van der Waals surface area (Å²) in [5.74, 6) is -2.07. The Morgan fingerprint density at radius 2 is 1.94 bits per heavy atom. The Morgan fingerprint density at radius 3 is 2.54 bits per heavy atom. The number of fused-ring (bicyclic) bond motifs is 1. The van der Waals surface area contributed by atoms with Gasteiger partial charge in [0.2, 0.25) is 5.83 Å². The van der Waals surface area contributed by atoms with Crippen LogP contribution in [0.15, 0.2) is 64.3 Å². The molecule has 1 aliphatic rings. The molecular formula is C26H34FNO5S2. The van der Waals surface area contributed by atoms with Gasteiger partial charge in [-0.15, -0.1) is 11.8 Å². The molecule has 2 aromatic carbocycles. The number of rotatable bonds is 10. The van der Waals surface area contributed by atoms with E-state index in [1.54, 1.807) is 0 Å². The van der Waals surface area contributed by atoms with E-state index in [9.17, 15) is 18.3 Å². The molecule has 1 atom stereocenters. The molecule has 0 bridgehead atoms. The van der Waals surface area contributed by atoms with Crippen molar-refractivity contribution < 1.29 is 28.1 Å². The Morgan fingerprint density at radius 1 is 1.23 bits per heavy atom. The quantitative estimate of drug-likeness (QED) is 0.165. The van der Waals surface area contributed by atoms with E-state index < -0.39 is 22.4 Å².